The summed E-state index contributed by atoms with van der Waals surface area (Å²) in [6.07, 6.45) is -12.5. The van der Waals surface area contributed by atoms with Crippen molar-refractivity contribution in [2.24, 2.45) is 17.8 Å². The van der Waals surface area contributed by atoms with Crippen molar-refractivity contribution in [3.05, 3.63) is 35.9 Å². The van der Waals surface area contributed by atoms with Crippen LogP contribution in [0.2, 0.25) is 0 Å². The molecule has 33 heavy (non-hydrogen) atoms. The second-order valence-corrected chi connectivity index (χ2v) is 7.47. The van der Waals surface area contributed by atoms with Crippen molar-refractivity contribution in [1.82, 2.24) is 5.32 Å². The summed E-state index contributed by atoms with van der Waals surface area (Å²) in [5, 5.41) is 21.7. The van der Waals surface area contributed by atoms with E-state index in [4.69, 9.17) is 0 Å². The van der Waals surface area contributed by atoms with Crippen molar-refractivity contribution in [1.29, 1.82) is 0 Å². The zero-order valence-electron chi connectivity index (χ0n) is 17.5. The normalized spacial score (nSPS) is 30.5. The van der Waals surface area contributed by atoms with Gasteiger partial charge in [-0.25, -0.2) is 5.32 Å². The molecule has 0 saturated carbocycles. The van der Waals surface area contributed by atoms with Gasteiger partial charge in [-0.05, 0) is 31.7 Å². The Bertz CT molecular complexity index is 800. The van der Waals surface area contributed by atoms with Crippen LogP contribution >= 0.6 is 0 Å². The number of benzene rings is 1. The molecule has 2 rings (SSSR count). The predicted molar refractivity (Wildman–Crippen MR) is 99.0 cm³/mol. The Hall–Kier alpha value is -2.38. The number of aliphatic hydroxyl groups is 2. The highest BCUT2D eigenvalue weighted by Crippen LogP contribution is 2.53. The third-order valence-corrected chi connectivity index (χ3v) is 5.40. The highest BCUT2D eigenvalue weighted by atomic mass is 19.4. The highest BCUT2D eigenvalue weighted by molar-refractivity contribution is 5.80. The number of carbonyl (C=O) groups excluding carboxylic acids is 2. The van der Waals surface area contributed by atoms with Gasteiger partial charge in [0.25, 0.3) is 0 Å². The SMILES string of the molecule is CCOC(=O)C1C(Cc2ccccc2)C(C(=O)OCC)C(O)(C(F)(F)F)NC1(O)C(F)(F)F. The molecule has 7 nitrogen and oxygen atoms in total. The molecule has 4 atom stereocenters. The van der Waals surface area contributed by atoms with Crippen molar-refractivity contribution >= 4 is 11.9 Å². The molecule has 1 aliphatic rings. The molecule has 1 aromatic rings. The van der Waals surface area contributed by atoms with Crippen LogP contribution in [0.5, 0.6) is 0 Å². The molecule has 3 N–H and O–H groups in total. The Balaban J connectivity index is 2.84. The molecule has 0 radical (unpaired) electrons. The van der Waals surface area contributed by atoms with Gasteiger partial charge < -0.3 is 19.7 Å². The maximum Gasteiger partial charge on any atom is 0.431 e. The first kappa shape index (κ1) is 26.9. The fourth-order valence-corrected chi connectivity index (χ4v) is 4.03. The molecule has 0 spiro atoms. The van der Waals surface area contributed by atoms with Gasteiger partial charge in [-0.3, -0.25) is 9.59 Å². The van der Waals surface area contributed by atoms with Crippen LogP contribution in [0, 0.1) is 17.8 Å². The first-order valence-electron chi connectivity index (χ1n) is 9.88. The minimum atomic E-state index is -5.89. The summed E-state index contributed by atoms with van der Waals surface area (Å²) >= 11 is 0. The van der Waals surface area contributed by atoms with E-state index in [1.54, 1.807) is 0 Å². The maximum atomic E-state index is 14.0. The molecule has 1 saturated heterocycles. The lowest BCUT2D eigenvalue weighted by Gasteiger charge is -2.54. The minimum Gasteiger partial charge on any atom is -0.466 e. The Morgan fingerprint density at radius 3 is 1.61 bits per heavy atom. The lowest BCUT2D eigenvalue weighted by Crippen LogP contribution is -2.82. The summed E-state index contributed by atoms with van der Waals surface area (Å²) in [4.78, 5) is 25.2. The second kappa shape index (κ2) is 9.47. The zero-order chi connectivity index (χ0) is 25.2. The lowest BCUT2D eigenvalue weighted by atomic mass is 9.64. The summed E-state index contributed by atoms with van der Waals surface area (Å²) in [6, 6.07) is 7.06. The molecule has 4 unspecified atom stereocenters. The summed E-state index contributed by atoms with van der Waals surface area (Å²) in [5.74, 6) is -11.2. The fourth-order valence-electron chi connectivity index (χ4n) is 4.03. The highest BCUT2D eigenvalue weighted by Gasteiger charge is 2.78. The van der Waals surface area contributed by atoms with E-state index in [0.29, 0.717) is 0 Å². The number of ether oxygens (including phenoxy) is 2. The zero-order valence-corrected chi connectivity index (χ0v) is 17.5. The topological polar surface area (TPSA) is 105 Å². The maximum absolute atomic E-state index is 14.0. The van der Waals surface area contributed by atoms with E-state index in [1.165, 1.54) is 44.2 Å². The molecule has 0 aliphatic carbocycles. The van der Waals surface area contributed by atoms with Crippen LogP contribution in [-0.4, -0.2) is 59.2 Å². The number of carbonyl (C=O) groups is 2. The van der Waals surface area contributed by atoms with Crippen molar-refractivity contribution in [2.45, 2.75) is 44.1 Å². The molecule has 1 aliphatic heterocycles. The van der Waals surface area contributed by atoms with Crippen molar-refractivity contribution in [2.75, 3.05) is 13.2 Å². The number of hydrogen-bond donors (Lipinski definition) is 3. The Morgan fingerprint density at radius 1 is 0.879 bits per heavy atom. The van der Waals surface area contributed by atoms with Crippen LogP contribution in [0.3, 0.4) is 0 Å². The molecule has 0 amide bonds. The van der Waals surface area contributed by atoms with Gasteiger partial charge in [0.2, 0.25) is 11.4 Å². The first-order valence-corrected chi connectivity index (χ1v) is 9.88. The Morgan fingerprint density at radius 2 is 1.27 bits per heavy atom. The molecule has 0 aromatic heterocycles. The third-order valence-electron chi connectivity index (χ3n) is 5.40. The quantitative estimate of drug-likeness (QED) is 0.418. The van der Waals surface area contributed by atoms with Crippen LogP contribution in [-0.2, 0) is 25.5 Å². The Labute approximate surface area is 184 Å². The number of halogens is 6. The number of nitrogens with one attached hydrogen (secondary N) is 1. The molecule has 1 heterocycles. The average Bonchev–Trinajstić information content (AvgIpc) is 2.67. The van der Waals surface area contributed by atoms with Crippen LogP contribution in [0.4, 0.5) is 26.3 Å². The lowest BCUT2D eigenvalue weighted by molar-refractivity contribution is -0.382. The van der Waals surface area contributed by atoms with Crippen LogP contribution in [0.1, 0.15) is 19.4 Å². The van der Waals surface area contributed by atoms with E-state index in [-0.39, 0.29) is 5.56 Å². The molecule has 1 aromatic carbocycles. The van der Waals surface area contributed by atoms with Crippen molar-refractivity contribution in [3.63, 3.8) is 0 Å². The Kier molecular flexibility index (Phi) is 7.71. The van der Waals surface area contributed by atoms with Crippen LogP contribution in [0.15, 0.2) is 30.3 Å². The second-order valence-electron chi connectivity index (χ2n) is 7.47. The molecule has 13 heteroatoms. The summed E-state index contributed by atoms with van der Waals surface area (Å²) in [7, 11) is 0. The molecular formula is C20H23F6NO6. The molecule has 1 fully saturated rings. The van der Waals surface area contributed by atoms with Crippen LogP contribution in [0.25, 0.3) is 0 Å². The van der Waals surface area contributed by atoms with Gasteiger partial charge in [-0.2, -0.15) is 26.3 Å². The predicted octanol–water partition coefficient (Wildman–Crippen LogP) is 2.31. The first-order chi connectivity index (χ1) is 15.1. The van der Waals surface area contributed by atoms with E-state index < -0.39 is 73.1 Å². The van der Waals surface area contributed by atoms with Crippen molar-refractivity contribution in [3.8, 4) is 0 Å². The summed E-state index contributed by atoms with van der Waals surface area (Å²) in [5.41, 5.74) is -9.04. The summed E-state index contributed by atoms with van der Waals surface area (Å²) in [6.45, 7) is 1.55. The van der Waals surface area contributed by atoms with Gasteiger partial charge in [0.1, 0.15) is 11.8 Å². The van der Waals surface area contributed by atoms with Crippen molar-refractivity contribution < 1.29 is 55.6 Å². The smallest absolute Gasteiger partial charge is 0.431 e. The summed E-state index contributed by atoms with van der Waals surface area (Å²) < 4.78 is 93.1. The van der Waals surface area contributed by atoms with Gasteiger partial charge in [0, 0.05) is 0 Å². The van der Waals surface area contributed by atoms with E-state index in [1.807, 2.05) is 0 Å². The molecular weight excluding hydrogens is 464 g/mol. The number of hydrogen-bond acceptors (Lipinski definition) is 7. The minimum absolute atomic E-state index is 0.141. The van der Waals surface area contributed by atoms with Gasteiger partial charge in [0.15, 0.2) is 0 Å². The molecule has 186 valence electrons. The van der Waals surface area contributed by atoms with Gasteiger partial charge >= 0.3 is 24.3 Å². The van der Waals surface area contributed by atoms with E-state index in [2.05, 4.69) is 9.47 Å². The largest absolute Gasteiger partial charge is 0.466 e. The van der Waals surface area contributed by atoms with Gasteiger partial charge in [0.05, 0.1) is 13.2 Å². The van der Waals surface area contributed by atoms with E-state index in [9.17, 15) is 46.1 Å². The standard InChI is InChI=1S/C20H23F6NO6/c1-3-32-15(28)13-12(10-11-8-6-5-7-9-11)14(16(29)33-4-2)18(31,20(24,25)26)27-17(13,30)19(21,22)23/h5-9,12-14,27,30-31H,3-4,10H2,1-2H3. The van der Waals surface area contributed by atoms with E-state index in [0.717, 1.165) is 5.32 Å². The van der Waals surface area contributed by atoms with Crippen LogP contribution < -0.4 is 5.32 Å². The number of piperidine rings is 1. The van der Waals surface area contributed by atoms with E-state index >= 15 is 0 Å². The number of esters is 2. The van der Waals surface area contributed by atoms with Gasteiger partial charge in [-0.15, -0.1) is 0 Å². The third kappa shape index (κ3) is 4.94. The fraction of sp³-hybridized carbons (Fsp3) is 0.600. The molecule has 0 bridgehead atoms. The number of rotatable bonds is 6. The number of alkyl halides is 6. The monoisotopic (exact) mass is 487 g/mol. The van der Waals surface area contributed by atoms with Gasteiger partial charge in [-0.1, -0.05) is 30.3 Å². The average molecular weight is 487 g/mol.